The van der Waals surface area contributed by atoms with Crippen molar-refractivity contribution in [3.63, 3.8) is 0 Å². The molecule has 170 valence electrons. The maximum Gasteiger partial charge on any atom is 0.220 e. The number of aliphatic imine (C=N–C) groups is 1. The zero-order valence-corrected chi connectivity index (χ0v) is 19.4. The topological polar surface area (TPSA) is 91.0 Å². The fourth-order valence-electron chi connectivity index (χ4n) is 3.66. The molecule has 1 saturated heterocycles. The molecule has 0 saturated carbocycles. The molecule has 8 nitrogen and oxygen atoms in total. The Morgan fingerprint density at radius 3 is 2.45 bits per heavy atom. The highest BCUT2D eigenvalue weighted by molar-refractivity contribution is 7.88. The minimum absolute atomic E-state index is 0.130. The number of nitrogens with zero attached hydrogens (tertiary/aromatic N) is 4. The van der Waals surface area contributed by atoms with Crippen molar-refractivity contribution < 1.29 is 12.9 Å². The minimum Gasteiger partial charge on any atom is -0.364 e. The van der Waals surface area contributed by atoms with Crippen LogP contribution in [0.1, 0.15) is 43.0 Å². The van der Waals surface area contributed by atoms with Crippen molar-refractivity contribution >= 4 is 16.0 Å². The lowest BCUT2D eigenvalue weighted by atomic mass is 10.0. The van der Waals surface area contributed by atoms with Crippen LogP contribution in [0.3, 0.4) is 0 Å². The molecule has 0 unspecified atom stereocenters. The number of hydrogen-bond donors (Lipinski definition) is 1. The smallest absolute Gasteiger partial charge is 0.220 e. The summed E-state index contributed by atoms with van der Waals surface area (Å²) in [4.78, 5) is 6.49. The Morgan fingerprint density at radius 1 is 1.16 bits per heavy atom. The summed E-state index contributed by atoms with van der Waals surface area (Å²) in [7, 11) is -1.63. The Morgan fingerprint density at radius 2 is 1.87 bits per heavy atom. The van der Waals surface area contributed by atoms with Gasteiger partial charge in [-0.3, -0.25) is 4.99 Å². The minimum atomic E-state index is -3.40. The van der Waals surface area contributed by atoms with Crippen molar-refractivity contribution in [3.8, 4) is 0 Å². The summed E-state index contributed by atoms with van der Waals surface area (Å²) in [5, 5.41) is 7.12. The van der Waals surface area contributed by atoms with Gasteiger partial charge in [0.15, 0.2) is 5.96 Å². The molecule has 1 aliphatic rings. The molecular weight excluding hydrogens is 414 g/mol. The first-order valence-electron chi connectivity index (χ1n) is 10.8. The Kier molecular flexibility index (Phi) is 8.09. The summed E-state index contributed by atoms with van der Waals surface area (Å²) in [6.07, 6.45) is 3.40. The third-order valence-corrected chi connectivity index (χ3v) is 7.35. The SMILES string of the molecule is CN=C(NCCCc1ccc(C(C)C)cc1)N1CCN(S(=O)(=O)Cc2ccon2)CC1. The maximum absolute atomic E-state index is 12.6. The lowest BCUT2D eigenvalue weighted by molar-refractivity contribution is 0.260. The van der Waals surface area contributed by atoms with E-state index in [-0.39, 0.29) is 5.75 Å². The van der Waals surface area contributed by atoms with Gasteiger partial charge in [0.1, 0.15) is 12.0 Å². The quantitative estimate of drug-likeness (QED) is 0.380. The summed E-state index contributed by atoms with van der Waals surface area (Å²) in [5.74, 6) is 1.25. The largest absolute Gasteiger partial charge is 0.364 e. The van der Waals surface area contributed by atoms with Crippen LogP contribution < -0.4 is 5.32 Å². The van der Waals surface area contributed by atoms with Crippen molar-refractivity contribution in [2.75, 3.05) is 39.8 Å². The predicted molar refractivity (Wildman–Crippen MR) is 122 cm³/mol. The van der Waals surface area contributed by atoms with Crippen LogP contribution in [0.15, 0.2) is 46.1 Å². The number of aryl methyl sites for hydroxylation is 1. The average molecular weight is 448 g/mol. The molecule has 0 aliphatic carbocycles. The lowest BCUT2D eigenvalue weighted by Gasteiger charge is -2.35. The fraction of sp³-hybridized carbons (Fsp3) is 0.545. The van der Waals surface area contributed by atoms with Gasteiger partial charge >= 0.3 is 0 Å². The van der Waals surface area contributed by atoms with Gasteiger partial charge in [-0.05, 0) is 29.9 Å². The van der Waals surface area contributed by atoms with E-state index in [9.17, 15) is 8.42 Å². The van der Waals surface area contributed by atoms with Crippen LogP contribution in [0.25, 0.3) is 0 Å². The molecule has 2 aromatic rings. The number of sulfonamides is 1. The molecule has 1 N–H and O–H groups in total. The molecule has 1 aliphatic heterocycles. The van der Waals surface area contributed by atoms with Gasteiger partial charge in [0.05, 0.1) is 5.69 Å². The highest BCUT2D eigenvalue weighted by atomic mass is 32.2. The summed E-state index contributed by atoms with van der Waals surface area (Å²) in [6.45, 7) is 7.31. The molecular formula is C22H33N5O3S. The number of guanidine groups is 1. The molecule has 1 fully saturated rings. The van der Waals surface area contributed by atoms with Gasteiger partial charge in [0.25, 0.3) is 0 Å². The zero-order chi connectivity index (χ0) is 22.3. The molecule has 0 radical (unpaired) electrons. The number of aromatic nitrogens is 1. The van der Waals surface area contributed by atoms with Crippen LogP contribution in [-0.4, -0.2) is 68.5 Å². The number of nitrogens with one attached hydrogen (secondary N) is 1. The summed E-state index contributed by atoms with van der Waals surface area (Å²) < 4.78 is 31.4. The second-order valence-corrected chi connectivity index (χ2v) is 10.1. The number of hydrogen-bond acceptors (Lipinski definition) is 5. The Balaban J connectivity index is 1.41. The van der Waals surface area contributed by atoms with Crippen molar-refractivity contribution in [2.24, 2.45) is 4.99 Å². The van der Waals surface area contributed by atoms with E-state index in [0.29, 0.717) is 37.8 Å². The molecule has 0 atom stereocenters. The van der Waals surface area contributed by atoms with Gasteiger partial charge in [0, 0.05) is 45.8 Å². The first kappa shape index (κ1) is 23.3. The lowest BCUT2D eigenvalue weighted by Crippen LogP contribution is -2.54. The molecule has 1 aromatic carbocycles. The Bertz CT molecular complexity index is 932. The monoisotopic (exact) mass is 447 g/mol. The summed E-state index contributed by atoms with van der Waals surface area (Å²) in [6, 6.07) is 10.4. The van der Waals surface area contributed by atoms with Crippen LogP contribution in [0.5, 0.6) is 0 Å². The van der Waals surface area contributed by atoms with Crippen molar-refractivity contribution in [2.45, 2.75) is 38.4 Å². The molecule has 3 rings (SSSR count). The van der Waals surface area contributed by atoms with Gasteiger partial charge in [-0.25, -0.2) is 8.42 Å². The van der Waals surface area contributed by atoms with E-state index >= 15 is 0 Å². The van der Waals surface area contributed by atoms with Crippen LogP contribution in [0, 0.1) is 0 Å². The van der Waals surface area contributed by atoms with Gasteiger partial charge in [-0.15, -0.1) is 0 Å². The molecule has 2 heterocycles. The molecule has 0 bridgehead atoms. The first-order valence-corrected chi connectivity index (χ1v) is 12.4. The number of piperazine rings is 1. The second-order valence-electron chi connectivity index (χ2n) is 8.11. The van der Waals surface area contributed by atoms with Gasteiger partial charge in [-0.2, -0.15) is 4.31 Å². The van der Waals surface area contributed by atoms with Gasteiger partial charge < -0.3 is 14.7 Å². The standard InChI is InChI=1S/C22H33N5O3S/c1-18(2)20-8-6-19(7-9-20)5-4-11-24-22(23-3)26-12-14-27(15-13-26)31(28,29)17-21-10-16-30-25-21/h6-10,16,18H,4-5,11-15,17H2,1-3H3,(H,23,24). The summed E-state index contributed by atoms with van der Waals surface area (Å²) in [5.41, 5.74) is 3.13. The average Bonchev–Trinajstić information content (AvgIpc) is 3.26. The highest BCUT2D eigenvalue weighted by Crippen LogP contribution is 2.16. The predicted octanol–water partition coefficient (Wildman–Crippen LogP) is 2.45. The van der Waals surface area contributed by atoms with Crippen LogP contribution in [-0.2, 0) is 22.2 Å². The van der Waals surface area contributed by atoms with E-state index < -0.39 is 10.0 Å². The zero-order valence-electron chi connectivity index (χ0n) is 18.6. The summed E-state index contributed by atoms with van der Waals surface area (Å²) >= 11 is 0. The second kappa shape index (κ2) is 10.8. The molecule has 1 aromatic heterocycles. The third-order valence-electron chi connectivity index (χ3n) is 5.54. The first-order chi connectivity index (χ1) is 14.9. The van der Waals surface area contributed by atoms with Gasteiger partial charge in [-0.1, -0.05) is 43.3 Å². The molecule has 0 spiro atoms. The van der Waals surface area contributed by atoms with E-state index in [1.54, 1.807) is 13.1 Å². The van der Waals surface area contributed by atoms with E-state index in [1.807, 2.05) is 0 Å². The van der Waals surface area contributed by atoms with Crippen LogP contribution in [0.4, 0.5) is 0 Å². The number of benzene rings is 1. The Hall–Kier alpha value is -2.39. The third kappa shape index (κ3) is 6.54. The normalized spacial score (nSPS) is 16.1. The Labute approximate surface area is 185 Å². The van der Waals surface area contributed by atoms with Crippen LogP contribution in [0.2, 0.25) is 0 Å². The molecule has 31 heavy (non-hydrogen) atoms. The van der Waals surface area contributed by atoms with Gasteiger partial charge in [0.2, 0.25) is 10.0 Å². The van der Waals surface area contributed by atoms with E-state index in [2.05, 4.69) is 58.5 Å². The van der Waals surface area contributed by atoms with E-state index in [1.165, 1.54) is 21.7 Å². The van der Waals surface area contributed by atoms with Crippen molar-refractivity contribution in [3.05, 3.63) is 53.4 Å². The van der Waals surface area contributed by atoms with Crippen molar-refractivity contribution in [1.82, 2.24) is 19.7 Å². The van der Waals surface area contributed by atoms with Crippen molar-refractivity contribution in [1.29, 1.82) is 0 Å². The number of rotatable bonds is 8. The molecule has 0 amide bonds. The van der Waals surface area contributed by atoms with E-state index in [0.717, 1.165) is 25.3 Å². The van der Waals surface area contributed by atoms with E-state index in [4.69, 9.17) is 4.52 Å². The maximum atomic E-state index is 12.6. The fourth-order valence-corrected chi connectivity index (χ4v) is 5.09. The van der Waals surface area contributed by atoms with Crippen LogP contribution >= 0.6 is 0 Å². The molecule has 9 heteroatoms. The highest BCUT2D eigenvalue weighted by Gasteiger charge is 2.28.